The highest BCUT2D eigenvalue weighted by atomic mass is 19.3. The van der Waals surface area contributed by atoms with Gasteiger partial charge in [0.1, 0.15) is 11.6 Å². The van der Waals surface area contributed by atoms with Crippen LogP contribution < -0.4 is 4.74 Å². The monoisotopic (exact) mass is 424 g/mol. The number of hydrogen-bond acceptors (Lipinski definition) is 3. The van der Waals surface area contributed by atoms with Crippen molar-refractivity contribution >= 4 is 10.9 Å². The summed E-state index contributed by atoms with van der Waals surface area (Å²) in [5, 5.41) is 1.08. The summed E-state index contributed by atoms with van der Waals surface area (Å²) in [6.07, 6.45) is 3.33. The van der Waals surface area contributed by atoms with Gasteiger partial charge in [0, 0.05) is 29.8 Å². The summed E-state index contributed by atoms with van der Waals surface area (Å²) in [7, 11) is 0. The van der Waals surface area contributed by atoms with Crippen LogP contribution >= 0.6 is 0 Å². The predicted octanol–water partition coefficient (Wildman–Crippen LogP) is 6.63. The lowest BCUT2D eigenvalue weighted by Gasteiger charge is -2.22. The summed E-state index contributed by atoms with van der Waals surface area (Å²) in [4.78, 5) is 9.58. The third-order valence-electron chi connectivity index (χ3n) is 6.51. The fraction of sp³-hybridized carbons (Fsp3) is 0.462. The minimum Gasteiger partial charge on any atom is -0.492 e. The van der Waals surface area contributed by atoms with Gasteiger partial charge in [0.05, 0.1) is 17.7 Å². The standard InChI is InChI=1S/C26H30F2N2O/c1-6-19-8-7-9-21(25(5,27)28)24(19)31-15-26(10-11-26)14-23-29-18(4)20-12-16(2)17(3)13-22(20)30-23/h7-9,12-13H,6,10-11,14-15H2,1-5H3. The Hall–Kier alpha value is -2.56. The van der Waals surface area contributed by atoms with Gasteiger partial charge in [-0.15, -0.1) is 0 Å². The number of halogens is 2. The van der Waals surface area contributed by atoms with E-state index in [9.17, 15) is 8.78 Å². The quantitative estimate of drug-likeness (QED) is 0.427. The summed E-state index contributed by atoms with van der Waals surface area (Å²) in [6.45, 7) is 9.50. The number of para-hydroxylation sites is 1. The molecule has 0 saturated heterocycles. The van der Waals surface area contributed by atoms with Gasteiger partial charge in [0.25, 0.3) is 5.92 Å². The third kappa shape index (κ3) is 4.41. The van der Waals surface area contributed by atoms with E-state index in [0.717, 1.165) is 47.8 Å². The van der Waals surface area contributed by atoms with E-state index >= 15 is 0 Å². The molecule has 0 N–H and O–H groups in total. The Labute approximate surface area is 182 Å². The van der Waals surface area contributed by atoms with E-state index < -0.39 is 5.92 Å². The van der Waals surface area contributed by atoms with Crippen LogP contribution in [0.25, 0.3) is 10.9 Å². The van der Waals surface area contributed by atoms with E-state index in [-0.39, 0.29) is 11.0 Å². The minimum absolute atomic E-state index is 0.0358. The summed E-state index contributed by atoms with van der Waals surface area (Å²) in [5.74, 6) is -1.80. The molecular weight excluding hydrogens is 394 g/mol. The number of alkyl halides is 2. The van der Waals surface area contributed by atoms with Crippen LogP contribution in [-0.2, 0) is 18.8 Å². The Morgan fingerprint density at radius 3 is 2.42 bits per heavy atom. The number of benzene rings is 2. The molecule has 1 aliphatic carbocycles. The number of fused-ring (bicyclic) bond motifs is 1. The molecule has 4 rings (SSSR count). The zero-order valence-electron chi connectivity index (χ0n) is 19.0. The Morgan fingerprint density at radius 1 is 1.06 bits per heavy atom. The molecule has 0 bridgehead atoms. The number of aryl methyl sites for hydroxylation is 4. The average molecular weight is 425 g/mol. The van der Waals surface area contributed by atoms with Crippen LogP contribution in [0.5, 0.6) is 5.75 Å². The van der Waals surface area contributed by atoms with Crippen molar-refractivity contribution in [2.45, 2.75) is 66.2 Å². The maximum absolute atomic E-state index is 14.2. The van der Waals surface area contributed by atoms with Crippen LogP contribution in [-0.4, -0.2) is 16.6 Å². The van der Waals surface area contributed by atoms with E-state index in [4.69, 9.17) is 14.7 Å². The highest BCUT2D eigenvalue weighted by Gasteiger charge is 2.45. The highest BCUT2D eigenvalue weighted by Crippen LogP contribution is 2.49. The predicted molar refractivity (Wildman–Crippen MR) is 120 cm³/mol. The molecule has 1 aromatic heterocycles. The van der Waals surface area contributed by atoms with Crippen molar-refractivity contribution < 1.29 is 13.5 Å². The van der Waals surface area contributed by atoms with Gasteiger partial charge in [-0.25, -0.2) is 18.7 Å². The number of hydrogen-bond donors (Lipinski definition) is 0. The summed E-state index contributed by atoms with van der Waals surface area (Å²) in [5.41, 5.74) is 5.09. The lowest BCUT2D eigenvalue weighted by atomic mass is 10.0. The van der Waals surface area contributed by atoms with Crippen molar-refractivity contribution in [3.63, 3.8) is 0 Å². The first-order chi connectivity index (χ1) is 14.6. The topological polar surface area (TPSA) is 35.0 Å². The molecule has 0 unspecified atom stereocenters. The summed E-state index contributed by atoms with van der Waals surface area (Å²) in [6, 6.07) is 9.28. The van der Waals surface area contributed by atoms with Crippen molar-refractivity contribution in [1.82, 2.24) is 9.97 Å². The Balaban J connectivity index is 1.58. The van der Waals surface area contributed by atoms with Crippen molar-refractivity contribution in [3.05, 3.63) is 64.1 Å². The highest BCUT2D eigenvalue weighted by molar-refractivity contribution is 5.82. The van der Waals surface area contributed by atoms with Crippen LogP contribution in [0.4, 0.5) is 8.78 Å². The smallest absolute Gasteiger partial charge is 0.274 e. The van der Waals surface area contributed by atoms with Crippen LogP contribution in [0, 0.1) is 26.2 Å². The van der Waals surface area contributed by atoms with Crippen LogP contribution in [0.3, 0.4) is 0 Å². The van der Waals surface area contributed by atoms with Crippen molar-refractivity contribution in [2.75, 3.05) is 6.61 Å². The van der Waals surface area contributed by atoms with Gasteiger partial charge >= 0.3 is 0 Å². The molecule has 3 aromatic rings. The molecule has 1 aliphatic rings. The maximum atomic E-state index is 14.2. The fourth-order valence-corrected chi connectivity index (χ4v) is 4.17. The van der Waals surface area contributed by atoms with Crippen molar-refractivity contribution in [3.8, 4) is 5.75 Å². The fourth-order valence-electron chi connectivity index (χ4n) is 4.17. The SMILES string of the molecule is CCc1cccc(C(C)(F)F)c1OCC1(Cc2nc(C)c3cc(C)c(C)cc3n2)CC1. The van der Waals surface area contributed by atoms with E-state index in [1.807, 2.05) is 19.9 Å². The minimum atomic E-state index is -2.94. The molecule has 3 nitrogen and oxygen atoms in total. The molecule has 164 valence electrons. The maximum Gasteiger partial charge on any atom is 0.274 e. The van der Waals surface area contributed by atoms with E-state index in [1.54, 1.807) is 6.07 Å². The molecule has 0 aliphatic heterocycles. The zero-order valence-corrected chi connectivity index (χ0v) is 19.0. The molecule has 1 saturated carbocycles. The number of aromatic nitrogens is 2. The Kier molecular flexibility index (Phi) is 5.48. The first-order valence-corrected chi connectivity index (χ1v) is 11.0. The largest absolute Gasteiger partial charge is 0.492 e. The van der Waals surface area contributed by atoms with Crippen molar-refractivity contribution in [2.24, 2.45) is 5.41 Å². The molecule has 1 fully saturated rings. The van der Waals surface area contributed by atoms with Gasteiger partial charge in [0.2, 0.25) is 0 Å². The molecule has 0 amide bonds. The molecule has 1 heterocycles. The molecule has 0 radical (unpaired) electrons. The van der Waals surface area contributed by atoms with Gasteiger partial charge < -0.3 is 4.74 Å². The third-order valence-corrected chi connectivity index (χ3v) is 6.51. The second-order valence-corrected chi connectivity index (χ2v) is 9.18. The van der Waals surface area contributed by atoms with Crippen LogP contribution in [0.2, 0.25) is 0 Å². The normalized spacial score (nSPS) is 15.3. The van der Waals surface area contributed by atoms with Gasteiger partial charge in [-0.2, -0.15) is 0 Å². The van der Waals surface area contributed by atoms with E-state index in [2.05, 4.69) is 26.0 Å². The van der Waals surface area contributed by atoms with Gasteiger partial charge in [-0.1, -0.05) is 19.1 Å². The first kappa shape index (κ1) is 21.7. The molecule has 5 heteroatoms. The molecule has 2 aromatic carbocycles. The van der Waals surface area contributed by atoms with E-state index in [1.165, 1.54) is 17.2 Å². The van der Waals surface area contributed by atoms with Gasteiger partial charge in [-0.3, -0.25) is 0 Å². The summed E-state index contributed by atoms with van der Waals surface area (Å²) >= 11 is 0. The van der Waals surface area contributed by atoms with Crippen molar-refractivity contribution in [1.29, 1.82) is 0 Å². The number of rotatable bonds is 7. The Bertz CT molecular complexity index is 1130. The number of ether oxygens (including phenoxy) is 1. The lowest BCUT2D eigenvalue weighted by Crippen LogP contribution is -2.20. The average Bonchev–Trinajstić information content (AvgIpc) is 3.46. The van der Waals surface area contributed by atoms with E-state index in [0.29, 0.717) is 25.2 Å². The second kappa shape index (κ2) is 7.85. The van der Waals surface area contributed by atoms with Crippen LogP contribution in [0.1, 0.15) is 60.5 Å². The molecule has 31 heavy (non-hydrogen) atoms. The van der Waals surface area contributed by atoms with Gasteiger partial charge in [-0.05, 0) is 74.9 Å². The van der Waals surface area contributed by atoms with Gasteiger partial charge in [0.15, 0.2) is 0 Å². The second-order valence-electron chi connectivity index (χ2n) is 9.18. The molecule has 0 atom stereocenters. The molecule has 0 spiro atoms. The zero-order chi connectivity index (χ0) is 22.4. The summed E-state index contributed by atoms with van der Waals surface area (Å²) < 4.78 is 34.4. The number of nitrogens with zero attached hydrogens (tertiary/aromatic N) is 2. The molecular formula is C26H30F2N2O. The van der Waals surface area contributed by atoms with Crippen LogP contribution in [0.15, 0.2) is 30.3 Å². The lowest BCUT2D eigenvalue weighted by molar-refractivity contribution is 0.0137. The first-order valence-electron chi connectivity index (χ1n) is 11.0. The Morgan fingerprint density at radius 2 is 1.77 bits per heavy atom.